The minimum atomic E-state index is -0.332. The first-order chi connectivity index (χ1) is 14.0. The van der Waals surface area contributed by atoms with E-state index in [1.807, 2.05) is 37.4 Å². The van der Waals surface area contributed by atoms with Crippen LogP contribution in [0.25, 0.3) is 16.9 Å². The van der Waals surface area contributed by atoms with Gasteiger partial charge in [-0.25, -0.2) is 9.37 Å². The van der Waals surface area contributed by atoms with E-state index >= 15 is 0 Å². The average Bonchev–Trinajstić information content (AvgIpc) is 3.04. The number of carbonyl (C=O) groups excluding carboxylic acids is 1. The van der Waals surface area contributed by atoms with E-state index < -0.39 is 0 Å². The Balaban J connectivity index is 1.63. The third-order valence-electron chi connectivity index (χ3n) is 4.32. The minimum Gasteiger partial charge on any atom is -0.484 e. The maximum atomic E-state index is 13.3. The molecule has 4 aromatic rings. The molecule has 0 spiro atoms. The number of hydrogen-bond donors (Lipinski definition) is 1. The molecule has 0 fully saturated rings. The molecule has 2 aromatic carbocycles. The van der Waals surface area contributed by atoms with Crippen LogP contribution in [0.4, 0.5) is 10.2 Å². The number of pyridine rings is 1. The summed E-state index contributed by atoms with van der Waals surface area (Å²) < 4.78 is 21.6. The Morgan fingerprint density at radius 1 is 1.17 bits per heavy atom. The fourth-order valence-electron chi connectivity index (χ4n) is 2.95. The molecule has 0 atom stereocenters. The van der Waals surface area contributed by atoms with Gasteiger partial charge >= 0.3 is 0 Å². The predicted molar refractivity (Wildman–Crippen MR) is 114 cm³/mol. The van der Waals surface area contributed by atoms with Crippen LogP contribution in [-0.4, -0.2) is 21.9 Å². The van der Waals surface area contributed by atoms with Gasteiger partial charge in [-0.2, -0.15) is 0 Å². The van der Waals surface area contributed by atoms with Crippen molar-refractivity contribution < 1.29 is 13.9 Å². The second-order valence-electron chi connectivity index (χ2n) is 6.54. The van der Waals surface area contributed by atoms with Gasteiger partial charge in [0, 0.05) is 16.2 Å². The predicted octanol–water partition coefficient (Wildman–Crippen LogP) is 5.23. The van der Waals surface area contributed by atoms with Crippen molar-refractivity contribution in [2.45, 2.75) is 6.92 Å². The number of aromatic nitrogens is 2. The summed E-state index contributed by atoms with van der Waals surface area (Å²) in [5.41, 5.74) is 3.00. The fraction of sp³-hybridized carbons (Fsp3) is 0.0909. The molecule has 0 saturated heterocycles. The molecule has 2 aromatic heterocycles. The van der Waals surface area contributed by atoms with Crippen molar-refractivity contribution in [3.05, 3.63) is 82.7 Å². The number of amides is 1. The van der Waals surface area contributed by atoms with Crippen LogP contribution in [-0.2, 0) is 4.79 Å². The van der Waals surface area contributed by atoms with Gasteiger partial charge in [0.05, 0.1) is 0 Å². The third-order valence-corrected chi connectivity index (χ3v) is 4.82. The van der Waals surface area contributed by atoms with Crippen molar-refractivity contribution in [2.24, 2.45) is 0 Å². The fourth-order valence-corrected chi connectivity index (χ4v) is 3.33. The number of rotatable bonds is 5. The van der Waals surface area contributed by atoms with E-state index in [0.717, 1.165) is 10.0 Å². The van der Waals surface area contributed by atoms with Crippen LogP contribution in [0.15, 0.2) is 71.3 Å². The van der Waals surface area contributed by atoms with Gasteiger partial charge in [0.25, 0.3) is 5.91 Å². The summed E-state index contributed by atoms with van der Waals surface area (Å²) in [7, 11) is 0. The lowest BCUT2D eigenvalue weighted by molar-refractivity contribution is -0.118. The van der Waals surface area contributed by atoms with Crippen LogP contribution in [0.1, 0.15) is 5.56 Å². The van der Waals surface area contributed by atoms with E-state index in [2.05, 4.69) is 26.2 Å². The number of ether oxygens (including phenoxy) is 1. The molecule has 29 heavy (non-hydrogen) atoms. The van der Waals surface area contributed by atoms with E-state index in [4.69, 9.17) is 4.74 Å². The number of benzene rings is 2. The van der Waals surface area contributed by atoms with Gasteiger partial charge in [-0.05, 0) is 67.1 Å². The maximum Gasteiger partial charge on any atom is 0.263 e. The number of nitrogens with one attached hydrogen (secondary N) is 1. The average molecular weight is 454 g/mol. The van der Waals surface area contributed by atoms with Crippen LogP contribution in [0, 0.1) is 12.7 Å². The van der Waals surface area contributed by atoms with Crippen molar-refractivity contribution in [2.75, 3.05) is 11.9 Å². The molecule has 4 rings (SSSR count). The van der Waals surface area contributed by atoms with Crippen molar-refractivity contribution in [1.29, 1.82) is 0 Å². The number of anilines is 1. The Kier molecular flexibility index (Phi) is 5.31. The standard InChI is InChI=1S/C22H17BrFN3O2/c1-14-9-10-27-19(11-14)25-21(15-5-7-17(24)8-6-15)22(27)26-20(28)13-29-18-4-2-3-16(23)12-18/h2-12H,13H2,1H3,(H,26,28). The molecule has 2 heterocycles. The van der Waals surface area contributed by atoms with Gasteiger partial charge in [-0.3, -0.25) is 9.20 Å². The number of imidazole rings is 1. The number of hydrogen-bond acceptors (Lipinski definition) is 3. The highest BCUT2D eigenvalue weighted by molar-refractivity contribution is 9.10. The summed E-state index contributed by atoms with van der Waals surface area (Å²) in [6.45, 7) is 1.81. The van der Waals surface area contributed by atoms with Crippen molar-refractivity contribution in [3.8, 4) is 17.0 Å². The van der Waals surface area contributed by atoms with Gasteiger partial charge in [0.2, 0.25) is 0 Å². The van der Waals surface area contributed by atoms with Crippen LogP contribution < -0.4 is 10.1 Å². The van der Waals surface area contributed by atoms with E-state index in [-0.39, 0.29) is 18.3 Å². The molecule has 0 aliphatic carbocycles. The van der Waals surface area contributed by atoms with Crippen LogP contribution in [0.2, 0.25) is 0 Å². The highest BCUT2D eigenvalue weighted by Gasteiger charge is 2.17. The normalized spacial score (nSPS) is 10.9. The van der Waals surface area contributed by atoms with Gasteiger partial charge < -0.3 is 10.1 Å². The molecule has 5 nitrogen and oxygen atoms in total. The lowest BCUT2D eigenvalue weighted by Gasteiger charge is -2.10. The van der Waals surface area contributed by atoms with Gasteiger partial charge in [-0.15, -0.1) is 0 Å². The Morgan fingerprint density at radius 3 is 2.72 bits per heavy atom. The molecule has 7 heteroatoms. The Morgan fingerprint density at radius 2 is 1.97 bits per heavy atom. The summed E-state index contributed by atoms with van der Waals surface area (Å²) in [6, 6.07) is 17.1. The smallest absolute Gasteiger partial charge is 0.263 e. The molecular formula is C22H17BrFN3O2. The molecule has 0 aliphatic rings. The second-order valence-corrected chi connectivity index (χ2v) is 7.46. The Bertz CT molecular complexity index is 1190. The molecule has 0 saturated carbocycles. The van der Waals surface area contributed by atoms with Crippen LogP contribution in [0.3, 0.4) is 0 Å². The van der Waals surface area contributed by atoms with Gasteiger partial charge in [0.15, 0.2) is 6.61 Å². The third kappa shape index (κ3) is 4.30. The molecule has 0 bridgehead atoms. The van der Waals surface area contributed by atoms with Crippen molar-refractivity contribution in [1.82, 2.24) is 9.38 Å². The minimum absolute atomic E-state index is 0.154. The lowest BCUT2D eigenvalue weighted by Crippen LogP contribution is -2.21. The number of aryl methyl sites for hydroxylation is 1. The highest BCUT2D eigenvalue weighted by atomic mass is 79.9. The summed E-state index contributed by atoms with van der Waals surface area (Å²) in [5.74, 6) is 0.438. The van der Waals surface area contributed by atoms with Crippen LogP contribution in [0.5, 0.6) is 5.75 Å². The zero-order valence-corrected chi connectivity index (χ0v) is 17.1. The first-order valence-electron chi connectivity index (χ1n) is 8.92. The quantitative estimate of drug-likeness (QED) is 0.450. The van der Waals surface area contributed by atoms with Gasteiger partial charge in [0.1, 0.15) is 28.7 Å². The Labute approximate surface area is 175 Å². The summed E-state index contributed by atoms with van der Waals surface area (Å²) in [6.07, 6.45) is 1.84. The second kappa shape index (κ2) is 8.05. The van der Waals surface area contributed by atoms with Crippen molar-refractivity contribution >= 4 is 33.3 Å². The van der Waals surface area contributed by atoms with Crippen molar-refractivity contribution in [3.63, 3.8) is 0 Å². The monoisotopic (exact) mass is 453 g/mol. The highest BCUT2D eigenvalue weighted by Crippen LogP contribution is 2.29. The largest absolute Gasteiger partial charge is 0.484 e. The number of carbonyl (C=O) groups is 1. The zero-order valence-electron chi connectivity index (χ0n) is 15.5. The number of fused-ring (bicyclic) bond motifs is 1. The SMILES string of the molecule is Cc1ccn2c(NC(=O)COc3cccc(Br)c3)c(-c3ccc(F)cc3)nc2c1. The molecule has 0 unspecified atom stereocenters. The van der Waals surface area contributed by atoms with E-state index in [1.54, 1.807) is 28.7 Å². The molecule has 0 radical (unpaired) electrons. The molecule has 0 aliphatic heterocycles. The topological polar surface area (TPSA) is 55.6 Å². The van der Waals surface area contributed by atoms with Gasteiger partial charge in [-0.1, -0.05) is 22.0 Å². The first kappa shape index (κ1) is 19.1. The molecule has 1 amide bonds. The maximum absolute atomic E-state index is 13.3. The molecule has 1 N–H and O–H groups in total. The molecular weight excluding hydrogens is 437 g/mol. The van der Waals surface area contributed by atoms with E-state index in [1.165, 1.54) is 12.1 Å². The number of nitrogens with zero attached hydrogens (tertiary/aromatic N) is 2. The lowest BCUT2D eigenvalue weighted by atomic mass is 10.1. The first-order valence-corrected chi connectivity index (χ1v) is 9.72. The summed E-state index contributed by atoms with van der Waals surface area (Å²) in [4.78, 5) is 17.2. The zero-order chi connectivity index (χ0) is 20.4. The van der Waals surface area contributed by atoms with E-state index in [9.17, 15) is 9.18 Å². The Hall–Kier alpha value is -3.19. The summed E-state index contributed by atoms with van der Waals surface area (Å²) >= 11 is 3.37. The summed E-state index contributed by atoms with van der Waals surface area (Å²) in [5, 5.41) is 2.88. The number of halogens is 2. The van der Waals surface area contributed by atoms with Crippen LogP contribution >= 0.6 is 15.9 Å². The molecule has 146 valence electrons. The van der Waals surface area contributed by atoms with E-state index in [0.29, 0.717) is 28.5 Å².